The van der Waals surface area contributed by atoms with Gasteiger partial charge in [-0.15, -0.1) is 0 Å². The van der Waals surface area contributed by atoms with Gasteiger partial charge in [0.15, 0.2) is 0 Å². The summed E-state index contributed by atoms with van der Waals surface area (Å²) in [5.41, 5.74) is 1.41. The molecule has 138 valence electrons. The van der Waals surface area contributed by atoms with E-state index in [1.807, 2.05) is 19.1 Å². The Bertz CT molecular complexity index is 1030. The Hall–Kier alpha value is -3.12. The van der Waals surface area contributed by atoms with Gasteiger partial charge in [-0.25, -0.2) is 13.2 Å². The van der Waals surface area contributed by atoms with Gasteiger partial charge < -0.3 is 10.1 Å². The van der Waals surface area contributed by atoms with Crippen LogP contribution in [0.2, 0.25) is 0 Å². The summed E-state index contributed by atoms with van der Waals surface area (Å²) >= 11 is 0. The largest absolute Gasteiger partial charge is 0.425 e. The Morgan fingerprint density at radius 2 is 1.52 bits per heavy atom. The maximum Gasteiger partial charge on any atom is 0.330 e. The zero-order valence-electron chi connectivity index (χ0n) is 14.8. The molecule has 0 bridgehead atoms. The van der Waals surface area contributed by atoms with Crippen molar-refractivity contribution in [2.24, 2.45) is 0 Å². The Labute approximate surface area is 158 Å². The van der Waals surface area contributed by atoms with Crippen molar-refractivity contribution in [1.29, 1.82) is 0 Å². The van der Waals surface area contributed by atoms with Crippen molar-refractivity contribution in [2.75, 3.05) is 11.9 Å². The van der Waals surface area contributed by atoms with Crippen LogP contribution < -0.4 is 10.1 Å². The molecule has 0 amide bonds. The second-order valence-corrected chi connectivity index (χ2v) is 7.87. The number of rotatable bonds is 6. The summed E-state index contributed by atoms with van der Waals surface area (Å²) in [5, 5.41) is 2.87. The molecule has 0 spiro atoms. The number of anilines is 1. The molecule has 6 heteroatoms. The summed E-state index contributed by atoms with van der Waals surface area (Å²) in [6.45, 7) is 1.78. The zero-order chi connectivity index (χ0) is 19.3. The van der Waals surface area contributed by atoms with E-state index in [1.54, 1.807) is 48.5 Å². The van der Waals surface area contributed by atoms with Crippen molar-refractivity contribution in [3.8, 4) is 5.75 Å². The number of nitrogens with one attached hydrogen (secondary N) is 1. The minimum absolute atomic E-state index is 0.110. The first kappa shape index (κ1) is 18.7. The average Bonchev–Trinajstić information content (AvgIpc) is 2.69. The normalized spacial score (nSPS) is 11.0. The lowest BCUT2D eigenvalue weighted by atomic mass is 10.2. The molecule has 3 aromatic rings. The van der Waals surface area contributed by atoms with E-state index in [0.29, 0.717) is 11.4 Å². The fraction of sp³-hybridized carbons (Fsp3) is 0.0952. The maximum atomic E-state index is 12.9. The molecule has 0 atom stereocenters. The molecule has 1 N–H and O–H groups in total. The standard InChI is InChI=1S/C21H19NO4S/c1-16-11-13-17(14-12-16)26-21(23)15-22-19-9-5-6-10-20(19)27(24,25)18-7-3-2-4-8-18/h2-14,22H,15H2,1H3. The van der Waals surface area contributed by atoms with Gasteiger partial charge in [0.05, 0.1) is 15.5 Å². The van der Waals surface area contributed by atoms with Gasteiger partial charge in [-0.2, -0.15) is 0 Å². The third kappa shape index (κ3) is 4.54. The minimum Gasteiger partial charge on any atom is -0.425 e. The maximum absolute atomic E-state index is 12.9. The highest BCUT2D eigenvalue weighted by atomic mass is 32.2. The van der Waals surface area contributed by atoms with Gasteiger partial charge in [0.2, 0.25) is 9.84 Å². The zero-order valence-corrected chi connectivity index (χ0v) is 15.6. The van der Waals surface area contributed by atoms with E-state index in [9.17, 15) is 13.2 Å². The highest BCUT2D eigenvalue weighted by Crippen LogP contribution is 2.27. The van der Waals surface area contributed by atoms with Crippen molar-refractivity contribution in [3.05, 3.63) is 84.4 Å². The van der Waals surface area contributed by atoms with Gasteiger partial charge in [0.25, 0.3) is 0 Å². The predicted molar refractivity (Wildman–Crippen MR) is 104 cm³/mol. The Kier molecular flexibility index (Phi) is 5.57. The summed E-state index contributed by atoms with van der Waals surface area (Å²) in [4.78, 5) is 12.4. The van der Waals surface area contributed by atoms with Gasteiger partial charge in [-0.1, -0.05) is 48.0 Å². The molecule has 0 aliphatic carbocycles. The Morgan fingerprint density at radius 1 is 0.889 bits per heavy atom. The predicted octanol–water partition coefficient (Wildman–Crippen LogP) is 3.85. The number of benzene rings is 3. The number of hydrogen-bond donors (Lipinski definition) is 1. The molecule has 0 aromatic heterocycles. The second-order valence-electron chi connectivity index (χ2n) is 5.95. The van der Waals surface area contributed by atoms with Crippen LogP contribution in [0.25, 0.3) is 0 Å². The van der Waals surface area contributed by atoms with E-state index in [1.165, 1.54) is 18.2 Å². The first-order valence-electron chi connectivity index (χ1n) is 8.37. The Morgan fingerprint density at radius 3 is 2.22 bits per heavy atom. The number of esters is 1. The molecule has 3 rings (SSSR count). The number of carbonyl (C=O) groups excluding carboxylic acids is 1. The second kappa shape index (κ2) is 8.05. The molecule has 0 heterocycles. The van der Waals surface area contributed by atoms with Crippen molar-refractivity contribution < 1.29 is 17.9 Å². The molecule has 0 saturated carbocycles. The first-order valence-corrected chi connectivity index (χ1v) is 9.85. The summed E-state index contributed by atoms with van der Waals surface area (Å²) in [6, 6.07) is 21.8. The van der Waals surface area contributed by atoms with Crippen LogP contribution in [-0.2, 0) is 14.6 Å². The van der Waals surface area contributed by atoms with Crippen LogP contribution in [0.1, 0.15) is 5.56 Å². The van der Waals surface area contributed by atoms with E-state index in [-0.39, 0.29) is 16.3 Å². The molecule has 3 aromatic carbocycles. The number of sulfone groups is 1. The highest BCUT2D eigenvalue weighted by molar-refractivity contribution is 7.91. The summed E-state index contributed by atoms with van der Waals surface area (Å²) in [5.74, 6) is -0.0663. The summed E-state index contributed by atoms with van der Waals surface area (Å²) in [6.07, 6.45) is 0. The number of aryl methyl sites for hydroxylation is 1. The van der Waals surface area contributed by atoms with Crippen LogP contribution in [0.15, 0.2) is 88.7 Å². The molecule has 0 radical (unpaired) electrons. The van der Waals surface area contributed by atoms with Crippen LogP contribution in [0.5, 0.6) is 5.75 Å². The fourth-order valence-corrected chi connectivity index (χ4v) is 3.97. The van der Waals surface area contributed by atoms with Gasteiger partial charge >= 0.3 is 5.97 Å². The lowest BCUT2D eigenvalue weighted by Gasteiger charge is -2.12. The van der Waals surface area contributed by atoms with Gasteiger partial charge in [-0.3, -0.25) is 0 Å². The van der Waals surface area contributed by atoms with Gasteiger partial charge in [0, 0.05) is 0 Å². The highest BCUT2D eigenvalue weighted by Gasteiger charge is 2.21. The average molecular weight is 381 g/mol. The van der Waals surface area contributed by atoms with E-state index >= 15 is 0 Å². The van der Waals surface area contributed by atoms with E-state index < -0.39 is 15.8 Å². The molecule has 0 aliphatic rings. The molecule has 5 nitrogen and oxygen atoms in total. The monoisotopic (exact) mass is 381 g/mol. The van der Waals surface area contributed by atoms with Crippen molar-refractivity contribution in [3.63, 3.8) is 0 Å². The van der Waals surface area contributed by atoms with E-state index in [2.05, 4.69) is 5.32 Å². The Balaban J connectivity index is 1.75. The SMILES string of the molecule is Cc1ccc(OC(=O)CNc2ccccc2S(=O)(=O)c2ccccc2)cc1. The molecule has 27 heavy (non-hydrogen) atoms. The van der Waals surface area contributed by atoms with Crippen molar-refractivity contribution in [1.82, 2.24) is 0 Å². The van der Waals surface area contributed by atoms with E-state index in [0.717, 1.165) is 5.56 Å². The van der Waals surface area contributed by atoms with Crippen molar-refractivity contribution >= 4 is 21.5 Å². The topological polar surface area (TPSA) is 72.5 Å². The van der Waals surface area contributed by atoms with Crippen molar-refractivity contribution in [2.45, 2.75) is 16.7 Å². The number of ether oxygens (including phenoxy) is 1. The fourth-order valence-electron chi connectivity index (χ4n) is 2.51. The summed E-state index contributed by atoms with van der Waals surface area (Å²) in [7, 11) is -3.70. The van der Waals surface area contributed by atoms with E-state index in [4.69, 9.17) is 4.74 Å². The lowest BCUT2D eigenvalue weighted by Crippen LogP contribution is -2.20. The first-order chi connectivity index (χ1) is 13.0. The van der Waals surface area contributed by atoms with Crippen LogP contribution in [0.4, 0.5) is 5.69 Å². The lowest BCUT2D eigenvalue weighted by molar-refractivity contribution is -0.132. The third-order valence-electron chi connectivity index (χ3n) is 3.91. The van der Waals surface area contributed by atoms with Crippen LogP contribution in [0.3, 0.4) is 0 Å². The smallest absolute Gasteiger partial charge is 0.330 e. The third-order valence-corrected chi connectivity index (χ3v) is 5.73. The molecule has 0 fully saturated rings. The molecule has 0 aliphatic heterocycles. The van der Waals surface area contributed by atoms with Crippen LogP contribution in [0, 0.1) is 6.92 Å². The number of carbonyl (C=O) groups is 1. The van der Waals surface area contributed by atoms with Gasteiger partial charge in [0.1, 0.15) is 12.3 Å². The van der Waals surface area contributed by atoms with Crippen LogP contribution in [-0.4, -0.2) is 20.9 Å². The molecule has 0 saturated heterocycles. The molecule has 0 unspecified atom stereocenters. The molecular formula is C21H19NO4S. The molecular weight excluding hydrogens is 362 g/mol. The number of para-hydroxylation sites is 1. The quantitative estimate of drug-likeness (QED) is 0.519. The van der Waals surface area contributed by atoms with Crippen LogP contribution >= 0.6 is 0 Å². The van der Waals surface area contributed by atoms with Gasteiger partial charge in [-0.05, 0) is 43.3 Å². The minimum atomic E-state index is -3.70. The summed E-state index contributed by atoms with van der Waals surface area (Å²) < 4.78 is 31.0. The number of hydrogen-bond acceptors (Lipinski definition) is 5.